The van der Waals surface area contributed by atoms with E-state index in [2.05, 4.69) is 20.1 Å². The summed E-state index contributed by atoms with van der Waals surface area (Å²) in [6.45, 7) is 0. The number of aliphatic hydroxyl groups excluding tert-OH is 2. The van der Waals surface area contributed by atoms with Crippen molar-refractivity contribution in [3.8, 4) is 0 Å². The highest BCUT2D eigenvalue weighted by Crippen LogP contribution is 2.23. The van der Waals surface area contributed by atoms with Gasteiger partial charge in [-0.2, -0.15) is 0 Å². The van der Waals surface area contributed by atoms with Crippen molar-refractivity contribution in [2.24, 2.45) is 0 Å². The van der Waals surface area contributed by atoms with Gasteiger partial charge in [0.25, 0.3) is 0 Å². The Morgan fingerprint density at radius 2 is 1.13 bits per heavy atom. The summed E-state index contributed by atoms with van der Waals surface area (Å²) in [5.74, 6) is -0.742. The highest BCUT2D eigenvalue weighted by Gasteiger charge is 2.34. The lowest BCUT2D eigenvalue weighted by Crippen LogP contribution is -2.48. The normalized spacial score (nSPS) is 30.9. The first-order chi connectivity index (χ1) is 14.3. The van der Waals surface area contributed by atoms with Crippen LogP contribution in [0.15, 0.2) is 23.3 Å². The van der Waals surface area contributed by atoms with Gasteiger partial charge in [-0.05, 0) is 39.1 Å². The fourth-order valence-electron chi connectivity index (χ4n) is 3.43. The number of aliphatic hydroxyl groups is 2. The fourth-order valence-corrected chi connectivity index (χ4v) is 3.43. The van der Waals surface area contributed by atoms with Crippen LogP contribution < -0.4 is 10.6 Å². The van der Waals surface area contributed by atoms with E-state index in [1.165, 1.54) is 28.4 Å². The van der Waals surface area contributed by atoms with Crippen molar-refractivity contribution in [3.05, 3.63) is 23.3 Å². The number of rotatable bonds is 6. The largest absolute Gasteiger partial charge is 0.466 e. The molecule has 0 spiro atoms. The van der Waals surface area contributed by atoms with Gasteiger partial charge in [0.1, 0.15) is 12.2 Å². The van der Waals surface area contributed by atoms with Crippen molar-refractivity contribution in [1.29, 1.82) is 0 Å². The van der Waals surface area contributed by atoms with Gasteiger partial charge < -0.3 is 39.8 Å². The van der Waals surface area contributed by atoms with Gasteiger partial charge in [-0.3, -0.25) is 0 Å². The molecule has 0 amide bonds. The zero-order valence-electron chi connectivity index (χ0n) is 18.4. The lowest BCUT2D eigenvalue weighted by molar-refractivity contribution is -0.137. The molecule has 0 radical (unpaired) electrons. The summed E-state index contributed by atoms with van der Waals surface area (Å²) in [6.07, 6.45) is 1.90. The molecule has 0 heterocycles. The number of likely N-dealkylation sites (N-methyl/N-ethyl adjacent to an activating group) is 2. The minimum absolute atomic E-state index is 0.186. The molecule has 0 aromatic carbocycles. The molecule has 6 unspecified atom stereocenters. The number of hydrogen-bond donors (Lipinski definition) is 4. The highest BCUT2D eigenvalue weighted by molar-refractivity contribution is 5.89. The molecule has 172 valence electrons. The number of esters is 2. The van der Waals surface area contributed by atoms with Gasteiger partial charge in [-0.1, -0.05) is 0 Å². The summed E-state index contributed by atoms with van der Waals surface area (Å²) in [5, 5.41) is 25.5. The molecule has 2 aliphatic carbocycles. The topological polar surface area (TPSA) is 136 Å². The maximum absolute atomic E-state index is 11.3. The second kappa shape index (κ2) is 12.8. The van der Waals surface area contributed by atoms with Crippen LogP contribution in [-0.4, -0.2) is 101 Å². The number of carbonyl (C=O) groups excluding carboxylic acids is 2. The van der Waals surface area contributed by atoms with E-state index in [1.54, 1.807) is 26.2 Å². The second-order valence-corrected chi connectivity index (χ2v) is 6.95. The van der Waals surface area contributed by atoms with Crippen LogP contribution in [0, 0.1) is 0 Å². The number of nitrogens with one attached hydrogen (secondary N) is 2. The average molecular weight is 430 g/mol. The van der Waals surface area contributed by atoms with E-state index in [0.29, 0.717) is 24.0 Å². The van der Waals surface area contributed by atoms with Crippen LogP contribution in [0.5, 0.6) is 0 Å². The predicted molar refractivity (Wildman–Crippen MR) is 109 cm³/mol. The average Bonchev–Trinajstić information content (AvgIpc) is 2.78. The predicted octanol–water partition coefficient (Wildman–Crippen LogP) is -1.09. The summed E-state index contributed by atoms with van der Waals surface area (Å²) < 4.78 is 19.4. The van der Waals surface area contributed by atoms with Crippen LogP contribution in [0.4, 0.5) is 0 Å². The van der Waals surface area contributed by atoms with E-state index in [0.717, 1.165) is 0 Å². The van der Waals surface area contributed by atoms with Gasteiger partial charge in [0.15, 0.2) is 0 Å². The molecule has 2 aliphatic rings. The van der Waals surface area contributed by atoms with Crippen LogP contribution in [0.1, 0.15) is 12.8 Å². The molecule has 10 heteroatoms. The third kappa shape index (κ3) is 6.59. The maximum Gasteiger partial charge on any atom is 0.333 e. The minimum Gasteiger partial charge on any atom is -0.466 e. The molecule has 0 aliphatic heterocycles. The van der Waals surface area contributed by atoms with E-state index in [9.17, 15) is 19.8 Å². The molecule has 0 saturated heterocycles. The zero-order valence-corrected chi connectivity index (χ0v) is 18.4. The molecule has 0 saturated carbocycles. The van der Waals surface area contributed by atoms with Crippen LogP contribution in [-0.2, 0) is 28.5 Å². The molecule has 6 atom stereocenters. The Hall–Kier alpha value is -1.82. The van der Waals surface area contributed by atoms with Gasteiger partial charge in [-0.25, -0.2) is 9.59 Å². The number of methoxy groups -OCH3 is 4. The number of hydrogen-bond acceptors (Lipinski definition) is 10. The molecule has 0 aromatic rings. The summed E-state index contributed by atoms with van der Waals surface area (Å²) in [6, 6.07) is -0.372. The molecular weight excluding hydrogens is 396 g/mol. The van der Waals surface area contributed by atoms with Gasteiger partial charge in [0.05, 0.1) is 26.4 Å². The van der Waals surface area contributed by atoms with Crippen molar-refractivity contribution in [3.63, 3.8) is 0 Å². The van der Waals surface area contributed by atoms with Gasteiger partial charge in [-0.15, -0.1) is 0 Å². The quantitative estimate of drug-likeness (QED) is 0.385. The second-order valence-electron chi connectivity index (χ2n) is 6.95. The molecule has 30 heavy (non-hydrogen) atoms. The van der Waals surface area contributed by atoms with E-state index >= 15 is 0 Å². The van der Waals surface area contributed by atoms with Gasteiger partial charge in [0.2, 0.25) is 0 Å². The smallest absolute Gasteiger partial charge is 0.333 e. The summed E-state index contributed by atoms with van der Waals surface area (Å²) in [7, 11) is 9.14. The van der Waals surface area contributed by atoms with E-state index in [1.807, 2.05) is 0 Å². The van der Waals surface area contributed by atoms with Crippen molar-refractivity contribution in [1.82, 2.24) is 10.6 Å². The maximum atomic E-state index is 11.3. The number of carbonyl (C=O) groups is 2. The van der Waals surface area contributed by atoms with Crippen molar-refractivity contribution in [2.45, 2.75) is 49.3 Å². The van der Waals surface area contributed by atoms with Gasteiger partial charge in [0, 0.05) is 37.4 Å². The molecule has 4 N–H and O–H groups in total. The van der Waals surface area contributed by atoms with Crippen molar-refractivity contribution >= 4 is 11.9 Å². The van der Waals surface area contributed by atoms with E-state index < -0.39 is 24.4 Å². The van der Waals surface area contributed by atoms with Crippen molar-refractivity contribution in [2.75, 3.05) is 42.5 Å². The third-order valence-electron chi connectivity index (χ3n) is 5.29. The minimum atomic E-state index is -0.645. The molecule has 0 fully saturated rings. The summed E-state index contributed by atoms with van der Waals surface area (Å²) in [5.41, 5.74) is 1.07. The van der Waals surface area contributed by atoms with Crippen LogP contribution in [0.25, 0.3) is 0 Å². The van der Waals surface area contributed by atoms with Gasteiger partial charge >= 0.3 is 11.9 Å². The lowest BCUT2D eigenvalue weighted by atomic mass is 9.90. The summed E-state index contributed by atoms with van der Waals surface area (Å²) >= 11 is 0. The first-order valence-corrected chi connectivity index (χ1v) is 9.62. The molecule has 10 nitrogen and oxygen atoms in total. The standard InChI is InChI=1S/2C10H17NO4/c2*1-11-7-4-6(10(13)15-3)5-8(14-2)9(7)12/h2*5,7-9,11-12H,4H2,1-3H3. The number of ether oxygens (including phenoxy) is 4. The lowest BCUT2D eigenvalue weighted by Gasteiger charge is -2.32. The monoisotopic (exact) mass is 430 g/mol. The third-order valence-corrected chi connectivity index (χ3v) is 5.29. The Morgan fingerprint density at radius 1 is 0.800 bits per heavy atom. The first kappa shape index (κ1) is 26.2. The highest BCUT2D eigenvalue weighted by atomic mass is 16.5. The Bertz CT molecular complexity index is 582. The first-order valence-electron chi connectivity index (χ1n) is 9.62. The van der Waals surface area contributed by atoms with Crippen LogP contribution >= 0.6 is 0 Å². The molecule has 0 aromatic heterocycles. The Balaban J connectivity index is 0.000000300. The van der Waals surface area contributed by atoms with E-state index in [4.69, 9.17) is 9.47 Å². The molecule has 0 bridgehead atoms. The molecular formula is C20H34N2O8. The fraction of sp³-hybridized carbons (Fsp3) is 0.700. The Labute approximate surface area is 177 Å². The SMILES string of the molecule is CNC1CC(C(=O)OC)=CC(OC)C1O.CNC1CC(C(=O)OC)=CC(OC)C1O. The van der Waals surface area contributed by atoms with Crippen molar-refractivity contribution < 1.29 is 38.7 Å². The Kier molecular flexibility index (Phi) is 11.2. The van der Waals surface area contributed by atoms with Crippen LogP contribution in [0.3, 0.4) is 0 Å². The Morgan fingerprint density at radius 3 is 1.37 bits per heavy atom. The molecule has 2 rings (SSSR count). The van der Waals surface area contributed by atoms with E-state index in [-0.39, 0.29) is 24.0 Å². The van der Waals surface area contributed by atoms with Crippen LogP contribution in [0.2, 0.25) is 0 Å². The zero-order chi connectivity index (χ0) is 22.8. The summed E-state index contributed by atoms with van der Waals surface area (Å²) in [4.78, 5) is 22.7.